The highest BCUT2D eigenvalue weighted by atomic mass is 16.3. The zero-order valence-corrected chi connectivity index (χ0v) is 11.6. The molecule has 0 radical (unpaired) electrons. The van der Waals surface area contributed by atoms with E-state index in [4.69, 9.17) is 5.26 Å². The molecule has 4 nitrogen and oxygen atoms in total. The smallest absolute Gasteiger partial charge is 0.0963 e. The van der Waals surface area contributed by atoms with Crippen LogP contribution in [0.1, 0.15) is 23.7 Å². The Morgan fingerprint density at radius 1 is 1.40 bits per heavy atom. The van der Waals surface area contributed by atoms with Crippen molar-refractivity contribution in [3.63, 3.8) is 0 Å². The van der Waals surface area contributed by atoms with Crippen LogP contribution in [0.5, 0.6) is 0 Å². The van der Waals surface area contributed by atoms with Crippen LogP contribution in [0, 0.1) is 18.3 Å². The molecule has 2 heterocycles. The molecule has 102 valence electrons. The second-order valence-electron chi connectivity index (χ2n) is 5.36. The van der Waals surface area contributed by atoms with Crippen molar-refractivity contribution in [2.45, 2.75) is 25.5 Å². The lowest BCUT2D eigenvalue weighted by Gasteiger charge is -2.35. The Hall–Kier alpha value is -2.25. The fourth-order valence-corrected chi connectivity index (χ4v) is 3.14. The first-order valence-corrected chi connectivity index (χ1v) is 6.70. The van der Waals surface area contributed by atoms with Gasteiger partial charge in [-0.05, 0) is 13.0 Å². The molecule has 0 saturated heterocycles. The van der Waals surface area contributed by atoms with Crippen molar-refractivity contribution in [1.29, 1.82) is 5.26 Å². The molecule has 1 aromatic heterocycles. The topological polar surface area (TPSA) is 63.0 Å². The Labute approximate surface area is 117 Å². The van der Waals surface area contributed by atoms with E-state index in [-0.39, 0.29) is 6.04 Å². The van der Waals surface area contributed by atoms with E-state index in [1.54, 1.807) is 0 Å². The number of aryl methyl sites for hydroxylation is 1. The Balaban J connectivity index is 2.14. The van der Waals surface area contributed by atoms with Crippen molar-refractivity contribution in [1.82, 2.24) is 9.88 Å². The zero-order valence-electron chi connectivity index (χ0n) is 11.6. The number of aromatic nitrogens is 1. The molecule has 0 spiro atoms. The molecule has 2 atom stereocenters. The number of aliphatic hydroxyl groups is 1. The lowest BCUT2D eigenvalue weighted by Crippen LogP contribution is -2.35. The highest BCUT2D eigenvalue weighted by molar-refractivity contribution is 5.85. The maximum absolute atomic E-state index is 10.4. The van der Waals surface area contributed by atoms with Gasteiger partial charge >= 0.3 is 0 Å². The number of aromatic amines is 1. The van der Waals surface area contributed by atoms with Crippen molar-refractivity contribution in [3.8, 4) is 6.07 Å². The van der Waals surface area contributed by atoms with Gasteiger partial charge in [0.1, 0.15) is 0 Å². The van der Waals surface area contributed by atoms with E-state index in [0.29, 0.717) is 12.0 Å². The summed E-state index contributed by atoms with van der Waals surface area (Å²) < 4.78 is 0. The van der Waals surface area contributed by atoms with E-state index >= 15 is 0 Å². The predicted octanol–water partition coefficient (Wildman–Crippen LogP) is 2.62. The van der Waals surface area contributed by atoms with Crippen LogP contribution in [0.3, 0.4) is 0 Å². The fourth-order valence-electron chi connectivity index (χ4n) is 3.14. The number of nitrogens with one attached hydrogen (secondary N) is 1. The minimum atomic E-state index is -0.572. The average Bonchev–Trinajstić information content (AvgIpc) is 2.75. The third-order valence-corrected chi connectivity index (χ3v) is 3.97. The third kappa shape index (κ3) is 1.87. The van der Waals surface area contributed by atoms with Crippen molar-refractivity contribution in [2.75, 3.05) is 7.05 Å². The standard InChI is InChI=1S/C16H17N3O/c1-10-15(12-5-3-4-6-13(12)18-10)16-14(20)7-11(8-17)9-19(16)2/h3-6,9,14,16,18,20H,7H2,1-2H3/t14-,16-/m0/s1. The van der Waals surface area contributed by atoms with Gasteiger partial charge in [-0.15, -0.1) is 0 Å². The van der Waals surface area contributed by atoms with Crippen LogP contribution >= 0.6 is 0 Å². The van der Waals surface area contributed by atoms with Gasteiger partial charge in [-0.1, -0.05) is 18.2 Å². The largest absolute Gasteiger partial charge is 0.390 e. The predicted molar refractivity (Wildman–Crippen MR) is 77.9 cm³/mol. The number of nitriles is 1. The fraction of sp³-hybridized carbons (Fsp3) is 0.312. The number of fused-ring (bicyclic) bond motifs is 1. The number of H-pyrrole nitrogens is 1. The van der Waals surface area contributed by atoms with E-state index in [2.05, 4.69) is 17.1 Å². The molecule has 0 bridgehead atoms. The van der Waals surface area contributed by atoms with Crippen LogP contribution in [0.4, 0.5) is 0 Å². The minimum Gasteiger partial charge on any atom is -0.390 e. The van der Waals surface area contributed by atoms with Crippen molar-refractivity contribution < 1.29 is 5.11 Å². The van der Waals surface area contributed by atoms with Gasteiger partial charge in [-0.3, -0.25) is 0 Å². The van der Waals surface area contributed by atoms with E-state index < -0.39 is 6.10 Å². The SMILES string of the molecule is Cc1[nH]c2ccccc2c1[C@@H]1[C@@H](O)CC(C#N)=CN1C. The molecule has 0 amide bonds. The van der Waals surface area contributed by atoms with E-state index in [1.807, 2.05) is 43.3 Å². The van der Waals surface area contributed by atoms with Crippen LogP contribution in [0.15, 0.2) is 36.0 Å². The van der Waals surface area contributed by atoms with Gasteiger partial charge in [0.05, 0.1) is 18.2 Å². The molecule has 4 heteroatoms. The number of benzene rings is 1. The molecule has 1 aliphatic heterocycles. The van der Waals surface area contributed by atoms with Crippen LogP contribution in [0.25, 0.3) is 10.9 Å². The number of aliphatic hydroxyl groups excluding tert-OH is 1. The quantitative estimate of drug-likeness (QED) is 0.835. The number of hydrogen-bond donors (Lipinski definition) is 2. The molecular weight excluding hydrogens is 250 g/mol. The Kier molecular flexibility index (Phi) is 3.00. The molecule has 1 aliphatic rings. The second kappa shape index (κ2) is 4.69. The molecule has 3 rings (SSSR count). The van der Waals surface area contributed by atoms with Crippen molar-refractivity contribution in [3.05, 3.63) is 47.3 Å². The summed E-state index contributed by atoms with van der Waals surface area (Å²) in [7, 11) is 1.91. The van der Waals surface area contributed by atoms with Crippen molar-refractivity contribution in [2.24, 2.45) is 0 Å². The second-order valence-corrected chi connectivity index (χ2v) is 5.36. The van der Waals surface area contributed by atoms with Gasteiger partial charge in [0.25, 0.3) is 0 Å². The lowest BCUT2D eigenvalue weighted by atomic mass is 9.91. The van der Waals surface area contributed by atoms with Crippen LogP contribution in [0.2, 0.25) is 0 Å². The van der Waals surface area contributed by atoms with Gasteiger partial charge in [0.2, 0.25) is 0 Å². The summed E-state index contributed by atoms with van der Waals surface area (Å²) in [5.41, 5.74) is 3.88. The summed E-state index contributed by atoms with van der Waals surface area (Å²) in [5.74, 6) is 0. The molecule has 2 aromatic rings. The monoisotopic (exact) mass is 267 g/mol. The molecule has 0 fully saturated rings. The van der Waals surface area contributed by atoms with E-state index in [0.717, 1.165) is 22.2 Å². The number of hydrogen-bond acceptors (Lipinski definition) is 3. The molecular formula is C16H17N3O. The molecule has 20 heavy (non-hydrogen) atoms. The first-order chi connectivity index (χ1) is 9.61. The lowest BCUT2D eigenvalue weighted by molar-refractivity contribution is 0.0752. The van der Waals surface area contributed by atoms with Crippen LogP contribution in [-0.2, 0) is 0 Å². The van der Waals surface area contributed by atoms with E-state index in [1.165, 1.54) is 0 Å². The summed E-state index contributed by atoms with van der Waals surface area (Å²) in [6, 6.07) is 10.1. The van der Waals surface area contributed by atoms with Gasteiger partial charge in [0, 0.05) is 47.4 Å². The Morgan fingerprint density at radius 3 is 2.85 bits per heavy atom. The number of para-hydroxylation sites is 1. The Morgan fingerprint density at radius 2 is 2.15 bits per heavy atom. The first kappa shape index (κ1) is 12.8. The molecule has 1 aromatic carbocycles. The van der Waals surface area contributed by atoms with Crippen LogP contribution < -0.4 is 0 Å². The Bertz CT molecular complexity index is 723. The number of nitrogens with zero attached hydrogens (tertiary/aromatic N) is 2. The summed E-state index contributed by atoms with van der Waals surface area (Å²) >= 11 is 0. The van der Waals surface area contributed by atoms with Gasteiger partial charge < -0.3 is 15.0 Å². The minimum absolute atomic E-state index is 0.122. The van der Waals surface area contributed by atoms with Gasteiger partial charge in [-0.2, -0.15) is 5.26 Å². The zero-order chi connectivity index (χ0) is 14.3. The van der Waals surface area contributed by atoms with Gasteiger partial charge in [-0.25, -0.2) is 0 Å². The average molecular weight is 267 g/mol. The summed E-state index contributed by atoms with van der Waals surface area (Å²) in [6.45, 7) is 2.03. The highest BCUT2D eigenvalue weighted by Crippen LogP contribution is 2.37. The number of likely N-dealkylation sites (N-methyl/N-ethyl adjacent to an activating group) is 1. The molecule has 2 N–H and O–H groups in total. The maximum Gasteiger partial charge on any atom is 0.0963 e. The molecule has 0 unspecified atom stereocenters. The summed E-state index contributed by atoms with van der Waals surface area (Å²) in [6.07, 6.45) is 1.67. The van der Waals surface area contributed by atoms with Crippen LogP contribution in [-0.4, -0.2) is 28.1 Å². The summed E-state index contributed by atoms with van der Waals surface area (Å²) in [4.78, 5) is 5.31. The molecule has 0 saturated carbocycles. The highest BCUT2D eigenvalue weighted by Gasteiger charge is 2.32. The maximum atomic E-state index is 10.4. The van der Waals surface area contributed by atoms with E-state index in [9.17, 15) is 5.11 Å². The normalized spacial score (nSPS) is 22.7. The third-order valence-electron chi connectivity index (χ3n) is 3.97. The van der Waals surface area contributed by atoms with Crippen molar-refractivity contribution >= 4 is 10.9 Å². The molecule has 0 aliphatic carbocycles. The van der Waals surface area contributed by atoms with Gasteiger partial charge in [0.15, 0.2) is 0 Å². The first-order valence-electron chi connectivity index (χ1n) is 6.70. The number of rotatable bonds is 1. The summed E-state index contributed by atoms with van der Waals surface area (Å²) in [5, 5.41) is 20.6.